The van der Waals surface area contributed by atoms with Gasteiger partial charge in [0.1, 0.15) is 5.75 Å². The van der Waals surface area contributed by atoms with E-state index in [1.54, 1.807) is 31.4 Å². The largest absolute Gasteiger partial charge is 0.494 e. The lowest BCUT2D eigenvalue weighted by Crippen LogP contribution is -2.19. The van der Waals surface area contributed by atoms with Crippen LogP contribution in [0.5, 0.6) is 5.75 Å². The number of fused-ring (bicyclic) bond motifs is 1. The summed E-state index contributed by atoms with van der Waals surface area (Å²) in [5.74, 6) is 0.323. The number of hydrogen-bond donors (Lipinski definition) is 0. The number of methoxy groups -OCH3 is 1. The SMILES string of the molecule is CCCCOc1cccc(C(=O)N=c2sc3ccc(Cl)c(Cl)c3n2CCOC)c1. The summed E-state index contributed by atoms with van der Waals surface area (Å²) in [5, 5.41) is 0.898. The molecule has 8 heteroatoms. The zero-order valence-corrected chi connectivity index (χ0v) is 18.6. The average Bonchev–Trinajstić information content (AvgIpc) is 3.07. The first-order valence-corrected chi connectivity index (χ1v) is 10.9. The number of benzene rings is 2. The fraction of sp³-hybridized carbons (Fsp3) is 0.333. The van der Waals surface area contributed by atoms with Crippen LogP contribution in [0.15, 0.2) is 41.4 Å². The summed E-state index contributed by atoms with van der Waals surface area (Å²) in [4.78, 5) is 17.7. The van der Waals surface area contributed by atoms with Crippen LogP contribution in [-0.2, 0) is 11.3 Å². The van der Waals surface area contributed by atoms with Gasteiger partial charge in [-0.05, 0) is 36.8 Å². The molecule has 29 heavy (non-hydrogen) atoms. The Morgan fingerprint density at radius 3 is 2.79 bits per heavy atom. The Morgan fingerprint density at radius 2 is 2.03 bits per heavy atom. The van der Waals surface area contributed by atoms with Crippen molar-refractivity contribution in [3.8, 4) is 5.75 Å². The number of rotatable bonds is 8. The van der Waals surface area contributed by atoms with Crippen molar-refractivity contribution in [2.24, 2.45) is 4.99 Å². The molecule has 0 aliphatic carbocycles. The lowest BCUT2D eigenvalue weighted by atomic mass is 10.2. The van der Waals surface area contributed by atoms with E-state index in [9.17, 15) is 4.79 Å². The van der Waals surface area contributed by atoms with E-state index in [-0.39, 0.29) is 5.91 Å². The number of unbranched alkanes of at least 4 members (excludes halogenated alkanes) is 1. The van der Waals surface area contributed by atoms with E-state index in [1.165, 1.54) is 11.3 Å². The summed E-state index contributed by atoms with van der Waals surface area (Å²) in [5.41, 5.74) is 1.23. The summed E-state index contributed by atoms with van der Waals surface area (Å²) in [6.45, 7) is 3.68. The van der Waals surface area contributed by atoms with Gasteiger partial charge in [0.2, 0.25) is 0 Å². The molecule has 0 N–H and O–H groups in total. The molecule has 0 aliphatic heterocycles. The van der Waals surface area contributed by atoms with Crippen LogP contribution < -0.4 is 9.54 Å². The summed E-state index contributed by atoms with van der Waals surface area (Å²) < 4.78 is 13.7. The van der Waals surface area contributed by atoms with Crippen molar-refractivity contribution < 1.29 is 14.3 Å². The normalized spacial score (nSPS) is 11.9. The predicted octanol–water partition coefficient (Wildman–Crippen LogP) is 5.58. The van der Waals surface area contributed by atoms with Gasteiger partial charge >= 0.3 is 0 Å². The molecule has 1 aromatic heterocycles. The molecule has 0 aliphatic rings. The van der Waals surface area contributed by atoms with Gasteiger partial charge in [0.25, 0.3) is 5.91 Å². The van der Waals surface area contributed by atoms with Crippen LogP contribution in [0.2, 0.25) is 10.0 Å². The van der Waals surface area contributed by atoms with Gasteiger partial charge in [-0.25, -0.2) is 0 Å². The number of halogens is 2. The topological polar surface area (TPSA) is 52.8 Å². The van der Waals surface area contributed by atoms with Gasteiger partial charge in [0, 0.05) is 19.2 Å². The molecule has 154 valence electrons. The predicted molar refractivity (Wildman–Crippen MR) is 118 cm³/mol. The molecule has 0 fully saturated rings. The monoisotopic (exact) mass is 452 g/mol. The number of carbonyl (C=O) groups excluding carboxylic acids is 1. The Balaban J connectivity index is 2.00. The second-order valence-corrected chi connectivity index (χ2v) is 8.18. The highest BCUT2D eigenvalue weighted by Crippen LogP contribution is 2.32. The van der Waals surface area contributed by atoms with E-state index >= 15 is 0 Å². The first-order valence-electron chi connectivity index (χ1n) is 9.33. The summed E-state index contributed by atoms with van der Waals surface area (Å²) in [6, 6.07) is 10.7. The molecule has 1 heterocycles. The quantitative estimate of drug-likeness (QED) is 0.419. The molecule has 0 unspecified atom stereocenters. The Morgan fingerprint density at radius 1 is 1.21 bits per heavy atom. The van der Waals surface area contributed by atoms with Crippen molar-refractivity contribution in [3.05, 3.63) is 56.8 Å². The van der Waals surface area contributed by atoms with Crippen LogP contribution in [0.4, 0.5) is 0 Å². The number of ether oxygens (including phenoxy) is 2. The minimum atomic E-state index is -0.342. The third kappa shape index (κ3) is 5.20. The highest BCUT2D eigenvalue weighted by Gasteiger charge is 2.14. The molecule has 5 nitrogen and oxygen atoms in total. The Hall–Kier alpha value is -1.86. The van der Waals surface area contributed by atoms with Crippen LogP contribution >= 0.6 is 34.5 Å². The van der Waals surface area contributed by atoms with Crippen LogP contribution in [0.25, 0.3) is 10.2 Å². The Kier molecular flexibility index (Phi) is 7.72. The van der Waals surface area contributed by atoms with Crippen molar-refractivity contribution in [2.45, 2.75) is 26.3 Å². The Labute approximate surface area is 183 Å². The van der Waals surface area contributed by atoms with Crippen LogP contribution in [-0.4, -0.2) is 30.8 Å². The molecule has 3 aromatic rings. The molecule has 0 atom stereocenters. The number of thiazole rings is 1. The second-order valence-electron chi connectivity index (χ2n) is 6.38. The smallest absolute Gasteiger partial charge is 0.279 e. The van der Waals surface area contributed by atoms with Gasteiger partial charge in [-0.2, -0.15) is 4.99 Å². The number of hydrogen-bond acceptors (Lipinski definition) is 4. The molecular formula is C21H22Cl2N2O3S. The van der Waals surface area contributed by atoms with Crippen LogP contribution in [0.1, 0.15) is 30.1 Å². The number of amides is 1. The molecule has 0 bridgehead atoms. The van der Waals surface area contributed by atoms with Crippen LogP contribution in [0, 0.1) is 0 Å². The molecule has 0 spiro atoms. The van der Waals surface area contributed by atoms with Crippen molar-refractivity contribution >= 4 is 50.7 Å². The standard InChI is InChI=1S/C21H22Cl2N2O3S/c1-3-4-11-28-15-7-5-6-14(13-15)20(26)24-21-25(10-12-27-2)19-17(29-21)9-8-16(22)18(19)23/h5-9,13H,3-4,10-12H2,1-2H3. The maximum atomic E-state index is 12.8. The summed E-state index contributed by atoms with van der Waals surface area (Å²) in [6.07, 6.45) is 2.01. The fourth-order valence-corrected chi connectivity index (χ4v) is 4.32. The molecule has 0 radical (unpaired) electrons. The molecule has 0 saturated carbocycles. The number of carbonyl (C=O) groups is 1. The van der Waals surface area contributed by atoms with Gasteiger partial charge < -0.3 is 14.0 Å². The summed E-state index contributed by atoms with van der Waals surface area (Å²) >= 11 is 14.0. The number of aromatic nitrogens is 1. The van der Waals surface area contributed by atoms with Gasteiger partial charge in [-0.15, -0.1) is 0 Å². The van der Waals surface area contributed by atoms with E-state index in [0.29, 0.717) is 45.9 Å². The molecule has 2 aromatic carbocycles. The first kappa shape index (κ1) is 21.8. The maximum Gasteiger partial charge on any atom is 0.279 e. The van der Waals surface area contributed by atoms with Gasteiger partial charge in [-0.3, -0.25) is 4.79 Å². The zero-order valence-electron chi connectivity index (χ0n) is 16.3. The third-order valence-electron chi connectivity index (χ3n) is 4.30. The molecule has 0 saturated heterocycles. The molecular weight excluding hydrogens is 431 g/mol. The first-order chi connectivity index (χ1) is 14.0. The van der Waals surface area contributed by atoms with Gasteiger partial charge in [0.15, 0.2) is 4.80 Å². The second kappa shape index (κ2) is 10.3. The molecule has 1 amide bonds. The zero-order chi connectivity index (χ0) is 20.8. The Bertz CT molecular complexity index is 1080. The van der Waals surface area contributed by atoms with Crippen molar-refractivity contribution in [2.75, 3.05) is 20.3 Å². The summed E-state index contributed by atoms with van der Waals surface area (Å²) in [7, 11) is 1.62. The number of nitrogens with zero attached hydrogens (tertiary/aromatic N) is 2. The minimum absolute atomic E-state index is 0.342. The van der Waals surface area contributed by atoms with E-state index in [2.05, 4.69) is 11.9 Å². The van der Waals surface area contributed by atoms with Gasteiger partial charge in [0.05, 0.1) is 33.5 Å². The lowest BCUT2D eigenvalue weighted by molar-refractivity contribution is 0.0997. The van der Waals surface area contributed by atoms with E-state index in [4.69, 9.17) is 32.7 Å². The highest BCUT2D eigenvalue weighted by atomic mass is 35.5. The maximum absolute atomic E-state index is 12.8. The van der Waals surface area contributed by atoms with E-state index in [1.807, 2.05) is 16.7 Å². The van der Waals surface area contributed by atoms with E-state index in [0.717, 1.165) is 23.1 Å². The van der Waals surface area contributed by atoms with Gasteiger partial charge in [-0.1, -0.05) is 53.9 Å². The fourth-order valence-electron chi connectivity index (χ4n) is 2.78. The third-order valence-corrected chi connectivity index (χ3v) is 6.14. The van der Waals surface area contributed by atoms with E-state index < -0.39 is 0 Å². The highest BCUT2D eigenvalue weighted by molar-refractivity contribution is 7.16. The molecule has 3 rings (SSSR count). The average molecular weight is 453 g/mol. The van der Waals surface area contributed by atoms with Crippen molar-refractivity contribution in [3.63, 3.8) is 0 Å². The van der Waals surface area contributed by atoms with Crippen LogP contribution in [0.3, 0.4) is 0 Å². The lowest BCUT2D eigenvalue weighted by Gasteiger charge is -2.07. The van der Waals surface area contributed by atoms with Crippen molar-refractivity contribution in [1.82, 2.24) is 4.57 Å². The van der Waals surface area contributed by atoms with Crippen molar-refractivity contribution in [1.29, 1.82) is 0 Å². The minimum Gasteiger partial charge on any atom is -0.494 e.